The molecule has 9 heteroatoms. The monoisotopic (exact) mass is 315 g/mol. The summed E-state index contributed by atoms with van der Waals surface area (Å²) in [6.45, 7) is 4.57. The van der Waals surface area contributed by atoms with E-state index in [1.807, 2.05) is 13.8 Å². The molecule has 1 aromatic rings. The number of rotatable bonds is 9. The smallest absolute Gasteiger partial charge is 0.329 e. The summed E-state index contributed by atoms with van der Waals surface area (Å²) in [5.74, 6) is 1.08. The normalized spacial score (nSPS) is 13.5. The van der Waals surface area contributed by atoms with Gasteiger partial charge in [-0.15, -0.1) is 0 Å². The van der Waals surface area contributed by atoms with Crippen molar-refractivity contribution in [3.63, 3.8) is 0 Å². The standard InChI is InChI=1S/C12H21N5O3S/c1-4-6-13-12-14-8-10(17(18)19)11(16-12)15-9(2)5-7-21(3)20/h8-9H,4-7H2,1-3H3,(H2,13,14,15,16). The van der Waals surface area contributed by atoms with E-state index in [1.165, 1.54) is 6.20 Å². The molecule has 118 valence electrons. The number of hydrogen-bond acceptors (Lipinski definition) is 7. The molecule has 1 rings (SSSR count). The van der Waals surface area contributed by atoms with Crippen LogP contribution in [0.15, 0.2) is 6.20 Å². The lowest BCUT2D eigenvalue weighted by atomic mass is 10.2. The Balaban J connectivity index is 2.84. The van der Waals surface area contributed by atoms with Crippen LogP contribution >= 0.6 is 0 Å². The van der Waals surface area contributed by atoms with Gasteiger partial charge in [0.2, 0.25) is 11.8 Å². The first kappa shape index (κ1) is 17.3. The van der Waals surface area contributed by atoms with Gasteiger partial charge in [-0.1, -0.05) is 6.92 Å². The van der Waals surface area contributed by atoms with Crippen LogP contribution in [0.1, 0.15) is 26.7 Å². The number of nitrogens with zero attached hydrogens (tertiary/aromatic N) is 3. The second-order valence-electron chi connectivity index (χ2n) is 4.72. The molecule has 0 aromatic carbocycles. The molecule has 0 spiro atoms. The van der Waals surface area contributed by atoms with E-state index in [1.54, 1.807) is 6.26 Å². The summed E-state index contributed by atoms with van der Waals surface area (Å²) in [5.41, 5.74) is -0.165. The summed E-state index contributed by atoms with van der Waals surface area (Å²) in [5, 5.41) is 17.0. The van der Waals surface area contributed by atoms with Gasteiger partial charge >= 0.3 is 5.69 Å². The third-order valence-electron chi connectivity index (χ3n) is 2.72. The SMILES string of the molecule is CCCNc1ncc([N+](=O)[O-])c(NC(C)CCS(C)=O)n1. The van der Waals surface area contributed by atoms with Crippen molar-refractivity contribution in [2.45, 2.75) is 32.7 Å². The maximum absolute atomic E-state index is 11.1. The molecule has 2 atom stereocenters. The third kappa shape index (κ3) is 6.03. The van der Waals surface area contributed by atoms with Gasteiger partial charge in [0, 0.05) is 35.4 Å². The molecule has 0 aliphatic carbocycles. The first-order valence-corrected chi connectivity index (χ1v) is 8.48. The second-order valence-corrected chi connectivity index (χ2v) is 6.28. The Bertz CT molecular complexity index is 512. The van der Waals surface area contributed by atoms with Crippen molar-refractivity contribution in [2.75, 3.05) is 29.2 Å². The molecule has 0 aliphatic heterocycles. The highest BCUT2D eigenvalue weighted by molar-refractivity contribution is 7.84. The van der Waals surface area contributed by atoms with Gasteiger partial charge in [-0.3, -0.25) is 14.3 Å². The Kier molecular flexibility index (Phi) is 7.00. The molecule has 0 aliphatic rings. The number of nitrogens with one attached hydrogen (secondary N) is 2. The van der Waals surface area contributed by atoms with Crippen molar-refractivity contribution in [1.29, 1.82) is 0 Å². The van der Waals surface area contributed by atoms with Gasteiger partial charge in [0.05, 0.1) is 4.92 Å². The molecule has 1 aromatic heterocycles. The van der Waals surface area contributed by atoms with Crippen molar-refractivity contribution in [1.82, 2.24) is 9.97 Å². The van der Waals surface area contributed by atoms with Crippen LogP contribution < -0.4 is 10.6 Å². The molecule has 0 radical (unpaired) electrons. The highest BCUT2D eigenvalue weighted by Gasteiger charge is 2.19. The van der Waals surface area contributed by atoms with Gasteiger partial charge in [0.15, 0.2) is 0 Å². The second kappa shape index (κ2) is 8.50. The van der Waals surface area contributed by atoms with E-state index in [4.69, 9.17) is 0 Å². The summed E-state index contributed by atoms with van der Waals surface area (Å²) in [7, 11) is -0.886. The Morgan fingerprint density at radius 1 is 1.52 bits per heavy atom. The average Bonchev–Trinajstić information content (AvgIpc) is 2.42. The van der Waals surface area contributed by atoms with Crippen molar-refractivity contribution in [3.05, 3.63) is 16.3 Å². The average molecular weight is 315 g/mol. The summed E-state index contributed by atoms with van der Waals surface area (Å²) < 4.78 is 11.1. The molecule has 1 heterocycles. The minimum atomic E-state index is -0.886. The van der Waals surface area contributed by atoms with E-state index in [0.29, 0.717) is 24.7 Å². The van der Waals surface area contributed by atoms with Gasteiger partial charge in [-0.25, -0.2) is 4.98 Å². The zero-order valence-corrected chi connectivity index (χ0v) is 13.3. The summed E-state index contributed by atoms with van der Waals surface area (Å²) in [6, 6.07) is -0.0680. The Morgan fingerprint density at radius 2 is 2.24 bits per heavy atom. The highest BCUT2D eigenvalue weighted by Crippen LogP contribution is 2.23. The lowest BCUT2D eigenvalue weighted by Crippen LogP contribution is -2.20. The van der Waals surface area contributed by atoms with Gasteiger partial charge < -0.3 is 10.6 Å². The maximum atomic E-state index is 11.1. The van der Waals surface area contributed by atoms with Crippen LogP contribution in [0.2, 0.25) is 0 Å². The predicted molar refractivity (Wildman–Crippen MR) is 84.1 cm³/mol. The first-order chi connectivity index (χ1) is 9.93. The molecule has 2 unspecified atom stereocenters. The Morgan fingerprint density at radius 3 is 2.81 bits per heavy atom. The predicted octanol–water partition coefficient (Wildman–Crippen LogP) is 1.78. The van der Waals surface area contributed by atoms with Crippen LogP contribution in [0.5, 0.6) is 0 Å². The lowest BCUT2D eigenvalue weighted by molar-refractivity contribution is -0.384. The molecule has 8 nitrogen and oxygen atoms in total. The topological polar surface area (TPSA) is 110 Å². The molecule has 21 heavy (non-hydrogen) atoms. The molecular weight excluding hydrogens is 294 g/mol. The number of nitro groups is 1. The molecule has 0 saturated heterocycles. The Hall–Kier alpha value is -1.77. The quantitative estimate of drug-likeness (QED) is 0.528. The van der Waals surface area contributed by atoms with Gasteiger partial charge in [0.25, 0.3) is 0 Å². The van der Waals surface area contributed by atoms with Gasteiger partial charge in [-0.2, -0.15) is 4.98 Å². The number of aromatic nitrogens is 2. The van der Waals surface area contributed by atoms with Crippen molar-refractivity contribution in [2.24, 2.45) is 0 Å². The van der Waals surface area contributed by atoms with Crippen molar-refractivity contribution < 1.29 is 9.13 Å². The van der Waals surface area contributed by atoms with Crippen molar-refractivity contribution >= 4 is 28.3 Å². The molecule has 0 fully saturated rings. The van der Waals surface area contributed by atoms with Crippen LogP contribution in [0.3, 0.4) is 0 Å². The fraction of sp³-hybridized carbons (Fsp3) is 0.667. The fourth-order valence-corrected chi connectivity index (χ4v) is 2.27. The van der Waals surface area contributed by atoms with E-state index >= 15 is 0 Å². The molecule has 0 saturated carbocycles. The molecule has 0 bridgehead atoms. The van der Waals surface area contributed by atoms with Crippen LogP contribution in [-0.2, 0) is 10.8 Å². The van der Waals surface area contributed by atoms with Crippen LogP contribution in [-0.4, -0.2) is 43.7 Å². The van der Waals surface area contributed by atoms with Crippen LogP contribution in [0, 0.1) is 10.1 Å². The van der Waals surface area contributed by atoms with E-state index in [-0.39, 0.29) is 17.5 Å². The first-order valence-electron chi connectivity index (χ1n) is 6.75. The number of hydrogen-bond donors (Lipinski definition) is 2. The van der Waals surface area contributed by atoms with E-state index in [9.17, 15) is 14.3 Å². The van der Waals surface area contributed by atoms with Crippen LogP contribution in [0.25, 0.3) is 0 Å². The summed E-state index contributed by atoms with van der Waals surface area (Å²) in [4.78, 5) is 18.6. The van der Waals surface area contributed by atoms with E-state index < -0.39 is 15.7 Å². The molecule has 0 amide bonds. The zero-order chi connectivity index (χ0) is 15.8. The molecule has 2 N–H and O–H groups in total. The van der Waals surface area contributed by atoms with Crippen molar-refractivity contribution in [3.8, 4) is 0 Å². The number of anilines is 2. The Labute approximate surface area is 126 Å². The summed E-state index contributed by atoms with van der Waals surface area (Å²) in [6.07, 6.45) is 4.37. The van der Waals surface area contributed by atoms with E-state index in [2.05, 4.69) is 20.6 Å². The van der Waals surface area contributed by atoms with E-state index in [0.717, 1.165) is 6.42 Å². The van der Waals surface area contributed by atoms with Gasteiger partial charge in [0.1, 0.15) is 6.20 Å². The largest absolute Gasteiger partial charge is 0.362 e. The lowest BCUT2D eigenvalue weighted by Gasteiger charge is -2.14. The maximum Gasteiger partial charge on any atom is 0.329 e. The minimum Gasteiger partial charge on any atom is -0.362 e. The third-order valence-corrected chi connectivity index (χ3v) is 3.53. The van der Waals surface area contributed by atoms with Gasteiger partial charge in [-0.05, 0) is 19.8 Å². The van der Waals surface area contributed by atoms with Crippen LogP contribution in [0.4, 0.5) is 17.5 Å². The summed E-state index contributed by atoms with van der Waals surface area (Å²) >= 11 is 0. The minimum absolute atomic E-state index is 0.0680. The molecular formula is C12H21N5O3S. The highest BCUT2D eigenvalue weighted by atomic mass is 32.2. The fourth-order valence-electron chi connectivity index (χ4n) is 1.59. The zero-order valence-electron chi connectivity index (χ0n) is 12.5.